The molecule has 1 aromatic heterocycles. The Balaban J connectivity index is 0.00000109. The largest absolute Gasteiger partial charge is 0.316 e. The Bertz CT molecular complexity index is 890. The van der Waals surface area contributed by atoms with E-state index in [1.165, 1.54) is 22.4 Å². The van der Waals surface area contributed by atoms with E-state index in [-0.39, 0.29) is 0 Å². The highest BCUT2D eigenvalue weighted by atomic mass is 15.1. The molecule has 4 aromatic rings. The van der Waals surface area contributed by atoms with Crippen LogP contribution in [0, 0.1) is 13.8 Å². The van der Waals surface area contributed by atoms with Crippen LogP contribution in [0.2, 0.25) is 0 Å². The summed E-state index contributed by atoms with van der Waals surface area (Å²) in [4.78, 5) is 4.62. The molecule has 2 heteroatoms. The zero-order chi connectivity index (χ0) is 20.0. The van der Waals surface area contributed by atoms with E-state index in [0.717, 1.165) is 5.69 Å². The third-order valence-electron chi connectivity index (χ3n) is 5.19. The second-order valence-electron chi connectivity index (χ2n) is 6.59. The Hall–Kier alpha value is -3.13. The lowest BCUT2D eigenvalue weighted by molar-refractivity contribution is 0.503. The molecule has 0 saturated carbocycles. The molecule has 0 unspecified atom stereocenters. The lowest BCUT2D eigenvalue weighted by Gasteiger charge is -2.38. The van der Waals surface area contributed by atoms with Crippen LogP contribution in [0.5, 0.6) is 0 Å². The molecule has 0 aliphatic heterocycles. The minimum absolute atomic E-state index is 0.463. The van der Waals surface area contributed by atoms with Gasteiger partial charge in [-0.25, -0.2) is 4.98 Å². The van der Waals surface area contributed by atoms with E-state index < -0.39 is 5.54 Å². The second kappa shape index (κ2) is 8.71. The van der Waals surface area contributed by atoms with Gasteiger partial charge in [0, 0.05) is 5.69 Å². The van der Waals surface area contributed by atoms with E-state index in [9.17, 15) is 0 Å². The van der Waals surface area contributed by atoms with E-state index in [4.69, 9.17) is 0 Å². The van der Waals surface area contributed by atoms with Crippen molar-refractivity contribution in [1.29, 1.82) is 0 Å². The Kier molecular flexibility index (Phi) is 6.10. The number of aryl methyl sites for hydroxylation is 1. The lowest BCUT2D eigenvalue weighted by Crippen LogP contribution is -2.38. The van der Waals surface area contributed by atoms with Crippen LogP contribution in [0.4, 0.5) is 0 Å². The summed E-state index contributed by atoms with van der Waals surface area (Å²) in [6.45, 7) is 8.21. The quantitative estimate of drug-likeness (QED) is 0.383. The Morgan fingerprint density at radius 2 is 0.964 bits per heavy atom. The van der Waals surface area contributed by atoms with Crippen LogP contribution in [-0.2, 0) is 5.54 Å². The summed E-state index contributed by atoms with van der Waals surface area (Å²) in [5.74, 6) is 0. The summed E-state index contributed by atoms with van der Waals surface area (Å²) in [6.07, 6.45) is 1.97. The van der Waals surface area contributed by atoms with Crippen molar-refractivity contribution in [1.82, 2.24) is 9.55 Å². The first-order valence-corrected chi connectivity index (χ1v) is 9.92. The fourth-order valence-electron chi connectivity index (χ4n) is 3.79. The topological polar surface area (TPSA) is 17.8 Å². The van der Waals surface area contributed by atoms with E-state index in [1.807, 2.05) is 20.2 Å². The maximum atomic E-state index is 4.62. The minimum Gasteiger partial charge on any atom is -0.316 e. The monoisotopic (exact) mass is 368 g/mol. The van der Waals surface area contributed by atoms with Gasteiger partial charge < -0.3 is 4.57 Å². The van der Waals surface area contributed by atoms with Crippen LogP contribution in [0.25, 0.3) is 0 Å². The molecule has 0 radical (unpaired) electrons. The molecule has 142 valence electrons. The number of hydrogen-bond donors (Lipinski definition) is 0. The molecule has 2 nitrogen and oxygen atoms in total. The summed E-state index contributed by atoms with van der Waals surface area (Å²) < 4.78 is 2.31. The number of imidazole rings is 1. The summed E-state index contributed by atoms with van der Waals surface area (Å²) in [7, 11) is 0. The van der Waals surface area contributed by atoms with E-state index in [0.29, 0.717) is 0 Å². The van der Waals surface area contributed by atoms with Gasteiger partial charge in [0.15, 0.2) is 0 Å². The van der Waals surface area contributed by atoms with Crippen LogP contribution >= 0.6 is 0 Å². The number of rotatable bonds is 4. The normalized spacial score (nSPS) is 10.9. The highest BCUT2D eigenvalue weighted by molar-refractivity contribution is 5.51. The zero-order valence-corrected chi connectivity index (χ0v) is 17.1. The lowest BCUT2D eigenvalue weighted by atomic mass is 9.76. The smallest absolute Gasteiger partial charge is 0.121 e. The number of benzene rings is 3. The van der Waals surface area contributed by atoms with Crippen LogP contribution in [-0.4, -0.2) is 9.55 Å². The Labute approximate surface area is 168 Å². The Morgan fingerprint density at radius 1 is 0.607 bits per heavy atom. The van der Waals surface area contributed by atoms with Gasteiger partial charge in [0.1, 0.15) is 5.54 Å². The van der Waals surface area contributed by atoms with Gasteiger partial charge in [-0.1, -0.05) is 105 Å². The van der Waals surface area contributed by atoms with Crippen molar-refractivity contribution < 1.29 is 0 Å². The molecule has 0 bridgehead atoms. The first-order valence-electron chi connectivity index (χ1n) is 9.92. The minimum atomic E-state index is -0.463. The molecule has 0 fully saturated rings. The molecule has 0 aliphatic rings. The van der Waals surface area contributed by atoms with Crippen LogP contribution in [0.15, 0.2) is 97.3 Å². The predicted molar refractivity (Wildman–Crippen MR) is 118 cm³/mol. The van der Waals surface area contributed by atoms with Crippen molar-refractivity contribution in [2.75, 3.05) is 0 Å². The fourth-order valence-corrected chi connectivity index (χ4v) is 3.79. The first kappa shape index (κ1) is 19.6. The van der Waals surface area contributed by atoms with Gasteiger partial charge in [-0.05, 0) is 30.5 Å². The van der Waals surface area contributed by atoms with Gasteiger partial charge in [0.25, 0.3) is 0 Å². The van der Waals surface area contributed by atoms with Crippen LogP contribution in [0.1, 0.15) is 41.9 Å². The van der Waals surface area contributed by atoms with Crippen molar-refractivity contribution in [3.05, 3.63) is 125 Å². The highest BCUT2D eigenvalue weighted by Gasteiger charge is 2.39. The van der Waals surface area contributed by atoms with E-state index in [2.05, 4.69) is 114 Å². The molecule has 28 heavy (non-hydrogen) atoms. The van der Waals surface area contributed by atoms with Gasteiger partial charge in [-0.15, -0.1) is 0 Å². The molecular weight excluding hydrogens is 340 g/mol. The standard InChI is InChI=1S/C24H22N2.C2H6/c1-19-20(2)26(18-25-19)24(21-12-6-3-7-13-21,22-14-8-4-9-15-22)23-16-10-5-11-17-23;1-2/h3-18H,1-2H3;1-2H3. The van der Waals surface area contributed by atoms with Crippen molar-refractivity contribution >= 4 is 0 Å². The van der Waals surface area contributed by atoms with Gasteiger partial charge in [0.2, 0.25) is 0 Å². The maximum absolute atomic E-state index is 4.62. The number of hydrogen-bond acceptors (Lipinski definition) is 1. The predicted octanol–water partition coefficient (Wildman–Crippen LogP) is 6.37. The third-order valence-corrected chi connectivity index (χ3v) is 5.19. The van der Waals surface area contributed by atoms with Crippen molar-refractivity contribution in [3.8, 4) is 0 Å². The molecule has 0 saturated heterocycles. The van der Waals surface area contributed by atoms with Crippen molar-refractivity contribution in [2.24, 2.45) is 0 Å². The zero-order valence-electron chi connectivity index (χ0n) is 17.1. The molecule has 3 aromatic carbocycles. The molecule has 1 heterocycles. The van der Waals surface area contributed by atoms with Gasteiger partial charge in [-0.3, -0.25) is 0 Å². The Morgan fingerprint density at radius 3 is 1.25 bits per heavy atom. The SMILES string of the molecule is CC.Cc1ncn(C(c2ccccc2)(c2ccccc2)c2ccccc2)c1C. The van der Waals surface area contributed by atoms with E-state index in [1.54, 1.807) is 0 Å². The fraction of sp³-hybridized carbons (Fsp3) is 0.192. The molecule has 0 N–H and O–H groups in total. The maximum Gasteiger partial charge on any atom is 0.121 e. The van der Waals surface area contributed by atoms with Crippen LogP contribution < -0.4 is 0 Å². The molecule has 0 atom stereocenters. The molecule has 0 amide bonds. The summed E-state index contributed by atoms with van der Waals surface area (Å²) in [5.41, 5.74) is 5.42. The average molecular weight is 369 g/mol. The molecule has 4 rings (SSSR count). The highest BCUT2D eigenvalue weighted by Crippen LogP contribution is 2.41. The van der Waals surface area contributed by atoms with Gasteiger partial charge >= 0.3 is 0 Å². The van der Waals surface area contributed by atoms with Crippen molar-refractivity contribution in [2.45, 2.75) is 33.2 Å². The van der Waals surface area contributed by atoms with Gasteiger partial charge in [0.05, 0.1) is 12.0 Å². The van der Waals surface area contributed by atoms with Crippen LogP contribution in [0.3, 0.4) is 0 Å². The number of aromatic nitrogens is 2. The molecule has 0 aliphatic carbocycles. The molecule has 0 spiro atoms. The van der Waals surface area contributed by atoms with E-state index >= 15 is 0 Å². The summed E-state index contributed by atoms with van der Waals surface area (Å²) >= 11 is 0. The summed E-state index contributed by atoms with van der Waals surface area (Å²) in [5, 5.41) is 0. The average Bonchev–Trinajstić information content (AvgIpc) is 3.11. The number of nitrogens with zero attached hydrogens (tertiary/aromatic N) is 2. The summed E-state index contributed by atoms with van der Waals surface area (Å²) in [6, 6.07) is 32.1. The van der Waals surface area contributed by atoms with Crippen molar-refractivity contribution in [3.63, 3.8) is 0 Å². The van der Waals surface area contributed by atoms with Gasteiger partial charge in [-0.2, -0.15) is 0 Å². The molecular formula is C26H28N2. The second-order valence-corrected chi connectivity index (χ2v) is 6.59. The third kappa shape index (κ3) is 3.27. The first-order chi connectivity index (χ1) is 13.7.